The molecular formula is C15H18ClFN4S2. The molecule has 2 aromatic rings. The molecular weight excluding hydrogens is 355 g/mol. The first kappa shape index (κ1) is 16.8. The number of hydrogen-bond donors (Lipinski definition) is 2. The van der Waals surface area contributed by atoms with Crippen LogP contribution < -0.4 is 14.9 Å². The normalized spacial score (nSPS) is 20.7. The van der Waals surface area contributed by atoms with Crippen LogP contribution in [0.5, 0.6) is 0 Å². The molecule has 2 heterocycles. The van der Waals surface area contributed by atoms with Gasteiger partial charge in [0.2, 0.25) is 0 Å². The maximum atomic E-state index is 14.4. The molecule has 1 aromatic heterocycles. The maximum Gasteiger partial charge on any atom is 0.147 e. The predicted molar refractivity (Wildman–Crippen MR) is 97.3 cm³/mol. The summed E-state index contributed by atoms with van der Waals surface area (Å²) in [5.41, 5.74) is 2.45. The lowest BCUT2D eigenvalue weighted by molar-refractivity contribution is 0.557. The molecule has 0 saturated carbocycles. The summed E-state index contributed by atoms with van der Waals surface area (Å²) >= 11 is 9.06. The number of nitrogens with one attached hydrogen (secondary N) is 2. The smallest absolute Gasteiger partial charge is 0.147 e. The minimum absolute atomic E-state index is 0.289. The Kier molecular flexibility index (Phi) is 5.31. The van der Waals surface area contributed by atoms with Gasteiger partial charge in [0.25, 0.3) is 0 Å². The molecule has 1 aromatic carbocycles. The van der Waals surface area contributed by atoms with E-state index in [1.807, 2.05) is 12.4 Å². The van der Waals surface area contributed by atoms with Crippen LogP contribution in [-0.4, -0.2) is 30.7 Å². The summed E-state index contributed by atoms with van der Waals surface area (Å²) in [6, 6.07) is 3.86. The Bertz CT molecular complexity index is 668. The van der Waals surface area contributed by atoms with E-state index in [2.05, 4.69) is 26.8 Å². The number of hydrogen-bond acceptors (Lipinski definition) is 6. The van der Waals surface area contributed by atoms with Crippen LogP contribution in [0.15, 0.2) is 27.9 Å². The van der Waals surface area contributed by atoms with Crippen molar-refractivity contribution in [3.8, 4) is 0 Å². The summed E-state index contributed by atoms with van der Waals surface area (Å²) in [5.74, 6) is 0.421. The average Bonchev–Trinajstić information content (AvgIpc) is 3.18. The summed E-state index contributed by atoms with van der Waals surface area (Å²) < 4.78 is 17.4. The van der Waals surface area contributed by atoms with Gasteiger partial charge in [0.05, 0.1) is 21.1 Å². The van der Waals surface area contributed by atoms with Gasteiger partial charge in [-0.1, -0.05) is 11.6 Å². The van der Waals surface area contributed by atoms with Gasteiger partial charge < -0.3 is 14.9 Å². The molecule has 23 heavy (non-hydrogen) atoms. The molecule has 1 aliphatic rings. The summed E-state index contributed by atoms with van der Waals surface area (Å²) in [6.07, 6.45) is 1.03. The highest BCUT2D eigenvalue weighted by Gasteiger charge is 2.28. The Labute approximate surface area is 148 Å². The zero-order valence-corrected chi connectivity index (χ0v) is 15.2. The molecule has 0 amide bonds. The third-order valence-electron chi connectivity index (χ3n) is 4.06. The van der Waals surface area contributed by atoms with Gasteiger partial charge in [-0.25, -0.2) is 9.37 Å². The lowest BCUT2D eigenvalue weighted by atomic mass is 10.1. The van der Waals surface area contributed by atoms with E-state index in [1.165, 1.54) is 29.4 Å². The van der Waals surface area contributed by atoms with Gasteiger partial charge in [0, 0.05) is 24.5 Å². The fourth-order valence-electron chi connectivity index (χ4n) is 2.79. The number of halogens is 2. The van der Waals surface area contributed by atoms with Crippen LogP contribution in [-0.2, 0) is 0 Å². The number of nitrogens with zero attached hydrogens (tertiary/aromatic N) is 2. The molecule has 1 saturated heterocycles. The number of thiazole rings is 1. The molecule has 0 bridgehead atoms. The van der Waals surface area contributed by atoms with E-state index in [9.17, 15) is 4.39 Å². The molecule has 0 radical (unpaired) electrons. The standard InChI is InChI=1S/C15H18ClFN4S2/c1-9-12(3-4-18-9)21(2)13-6-11(17)14(5-10(13)16)23-20-15-7-22-8-19-15/h5-9,12,18,20H,3-4H2,1-2H3/t9-,12-/m1/s1. The molecule has 1 fully saturated rings. The van der Waals surface area contributed by atoms with Crippen molar-refractivity contribution < 1.29 is 4.39 Å². The second kappa shape index (κ2) is 7.25. The van der Waals surface area contributed by atoms with Gasteiger partial charge in [-0.2, -0.15) is 0 Å². The summed E-state index contributed by atoms with van der Waals surface area (Å²) in [7, 11) is 1.97. The first-order valence-electron chi connectivity index (χ1n) is 7.32. The van der Waals surface area contributed by atoms with E-state index >= 15 is 0 Å². The van der Waals surface area contributed by atoms with Crippen molar-refractivity contribution in [2.45, 2.75) is 30.3 Å². The third-order valence-corrected chi connectivity index (χ3v) is 5.79. The second-order valence-corrected chi connectivity index (χ2v) is 7.50. The molecule has 2 atom stereocenters. The number of rotatable bonds is 5. The molecule has 3 rings (SSSR count). The Balaban J connectivity index is 1.76. The van der Waals surface area contributed by atoms with Gasteiger partial charge in [0.1, 0.15) is 11.6 Å². The van der Waals surface area contributed by atoms with E-state index in [0.29, 0.717) is 27.8 Å². The zero-order chi connectivity index (χ0) is 16.4. The number of likely N-dealkylation sites (N-methyl/N-ethyl adjacent to an activating group) is 1. The molecule has 0 aliphatic carbocycles. The first-order chi connectivity index (χ1) is 11.1. The van der Waals surface area contributed by atoms with Crippen molar-refractivity contribution in [3.63, 3.8) is 0 Å². The van der Waals surface area contributed by atoms with E-state index in [1.54, 1.807) is 11.6 Å². The summed E-state index contributed by atoms with van der Waals surface area (Å²) in [4.78, 5) is 6.63. The summed E-state index contributed by atoms with van der Waals surface area (Å²) in [6.45, 7) is 3.11. The molecule has 8 heteroatoms. The van der Waals surface area contributed by atoms with Gasteiger partial charge >= 0.3 is 0 Å². The highest BCUT2D eigenvalue weighted by molar-refractivity contribution is 8.00. The zero-order valence-electron chi connectivity index (χ0n) is 12.8. The lowest BCUT2D eigenvalue weighted by Gasteiger charge is -2.30. The van der Waals surface area contributed by atoms with Crippen molar-refractivity contribution in [2.75, 3.05) is 23.2 Å². The molecule has 4 nitrogen and oxygen atoms in total. The van der Waals surface area contributed by atoms with Crippen LogP contribution in [0, 0.1) is 5.82 Å². The Hall–Kier alpha value is -1.02. The Morgan fingerprint density at radius 1 is 1.52 bits per heavy atom. The predicted octanol–water partition coefficient (Wildman–Crippen LogP) is 4.24. The first-order valence-corrected chi connectivity index (χ1v) is 9.46. The molecule has 124 valence electrons. The molecule has 2 N–H and O–H groups in total. The fourth-order valence-corrected chi connectivity index (χ4v) is 4.37. The quantitative estimate of drug-likeness (QED) is 0.768. The van der Waals surface area contributed by atoms with Crippen LogP contribution >= 0.6 is 34.9 Å². The monoisotopic (exact) mass is 372 g/mol. The van der Waals surface area contributed by atoms with Crippen molar-refractivity contribution in [1.82, 2.24) is 10.3 Å². The maximum absolute atomic E-state index is 14.4. The number of benzene rings is 1. The van der Waals surface area contributed by atoms with Gasteiger partial charge in [-0.15, -0.1) is 11.3 Å². The number of aromatic nitrogens is 1. The van der Waals surface area contributed by atoms with E-state index in [-0.39, 0.29) is 5.82 Å². The van der Waals surface area contributed by atoms with Crippen molar-refractivity contribution in [1.29, 1.82) is 0 Å². The fraction of sp³-hybridized carbons (Fsp3) is 0.400. The SMILES string of the molecule is C[C@H]1NCC[C@H]1N(C)c1cc(F)c(SNc2cscn2)cc1Cl. The molecule has 0 unspecified atom stereocenters. The Morgan fingerprint density at radius 2 is 2.35 bits per heavy atom. The topological polar surface area (TPSA) is 40.2 Å². The third kappa shape index (κ3) is 3.74. The van der Waals surface area contributed by atoms with Crippen LogP contribution in [0.3, 0.4) is 0 Å². The van der Waals surface area contributed by atoms with Crippen LogP contribution in [0.2, 0.25) is 5.02 Å². The van der Waals surface area contributed by atoms with Crippen LogP contribution in [0.1, 0.15) is 13.3 Å². The van der Waals surface area contributed by atoms with E-state index in [0.717, 1.165) is 18.7 Å². The van der Waals surface area contributed by atoms with E-state index in [4.69, 9.17) is 11.6 Å². The van der Waals surface area contributed by atoms with Crippen molar-refractivity contribution in [3.05, 3.63) is 33.9 Å². The Morgan fingerprint density at radius 3 is 3.00 bits per heavy atom. The van der Waals surface area contributed by atoms with Crippen LogP contribution in [0.25, 0.3) is 0 Å². The van der Waals surface area contributed by atoms with Gasteiger partial charge in [-0.3, -0.25) is 0 Å². The highest BCUT2D eigenvalue weighted by Crippen LogP contribution is 2.35. The van der Waals surface area contributed by atoms with E-state index < -0.39 is 0 Å². The lowest BCUT2D eigenvalue weighted by Crippen LogP contribution is -2.40. The van der Waals surface area contributed by atoms with Gasteiger partial charge in [-0.05, 0) is 44.0 Å². The van der Waals surface area contributed by atoms with Crippen molar-refractivity contribution in [2.24, 2.45) is 0 Å². The molecule has 0 spiro atoms. The second-order valence-electron chi connectivity index (χ2n) is 5.52. The van der Waals surface area contributed by atoms with Crippen molar-refractivity contribution >= 4 is 46.4 Å². The highest BCUT2D eigenvalue weighted by atomic mass is 35.5. The van der Waals surface area contributed by atoms with Crippen LogP contribution in [0.4, 0.5) is 15.9 Å². The minimum atomic E-state index is -0.289. The average molecular weight is 373 g/mol. The molecule has 1 aliphatic heterocycles. The number of anilines is 2. The largest absolute Gasteiger partial charge is 0.369 e. The summed E-state index contributed by atoms with van der Waals surface area (Å²) in [5, 5.41) is 5.82. The minimum Gasteiger partial charge on any atom is -0.369 e. The van der Waals surface area contributed by atoms with Gasteiger partial charge in [0.15, 0.2) is 0 Å².